The van der Waals surface area contributed by atoms with Crippen LogP contribution in [0.5, 0.6) is 0 Å². The van der Waals surface area contributed by atoms with Crippen molar-refractivity contribution >= 4 is 5.78 Å². The Kier molecular flexibility index (Phi) is 3.32. The molecule has 0 saturated carbocycles. The highest BCUT2D eigenvalue weighted by Crippen LogP contribution is 2.23. The minimum absolute atomic E-state index is 0.107. The number of rotatable bonds is 4. The molecule has 0 fully saturated rings. The summed E-state index contributed by atoms with van der Waals surface area (Å²) in [6.45, 7) is 5.91. The number of carbonyl (C=O) groups is 1. The number of hydrogen-bond donors (Lipinski definition) is 0. The molecule has 1 heterocycles. The highest BCUT2D eigenvalue weighted by Gasteiger charge is 2.31. The number of ketones is 1. The van der Waals surface area contributed by atoms with Crippen LogP contribution in [0.25, 0.3) is 0 Å². The lowest BCUT2D eigenvalue weighted by atomic mass is 9.92. The van der Waals surface area contributed by atoms with Crippen molar-refractivity contribution < 1.29 is 4.79 Å². The summed E-state index contributed by atoms with van der Waals surface area (Å²) in [6, 6.07) is 9.40. The van der Waals surface area contributed by atoms with Crippen LogP contribution >= 0.6 is 0 Å². The van der Waals surface area contributed by atoms with E-state index in [1.807, 2.05) is 61.9 Å². The highest BCUT2D eigenvalue weighted by molar-refractivity contribution is 6.01. The van der Waals surface area contributed by atoms with Crippen molar-refractivity contribution in [2.45, 2.75) is 32.7 Å². The van der Waals surface area contributed by atoms with Crippen molar-refractivity contribution in [3.05, 3.63) is 54.1 Å². The van der Waals surface area contributed by atoms with Gasteiger partial charge in [0.2, 0.25) is 0 Å². The van der Waals surface area contributed by atoms with Gasteiger partial charge in [0.1, 0.15) is 11.4 Å². The van der Waals surface area contributed by atoms with Gasteiger partial charge in [0.05, 0.1) is 0 Å². The molecule has 2 rings (SSSR count). The van der Waals surface area contributed by atoms with E-state index in [2.05, 4.69) is 4.98 Å². The third-order valence-corrected chi connectivity index (χ3v) is 3.23. The van der Waals surface area contributed by atoms with Gasteiger partial charge in [-0.25, -0.2) is 4.98 Å². The Labute approximate surface area is 107 Å². The van der Waals surface area contributed by atoms with Gasteiger partial charge < -0.3 is 4.57 Å². The van der Waals surface area contributed by atoms with E-state index in [0.29, 0.717) is 0 Å². The minimum atomic E-state index is -0.608. The van der Waals surface area contributed by atoms with Crippen LogP contribution in [0.4, 0.5) is 0 Å². The van der Waals surface area contributed by atoms with E-state index < -0.39 is 5.54 Å². The second-order valence-electron chi connectivity index (χ2n) is 4.82. The SMILES string of the molecule is CCc1nccn1C(C)(C)C(=O)c1ccccc1. The average Bonchev–Trinajstić information content (AvgIpc) is 2.88. The smallest absolute Gasteiger partial charge is 0.188 e. The summed E-state index contributed by atoms with van der Waals surface area (Å²) in [5.74, 6) is 1.04. The maximum Gasteiger partial charge on any atom is 0.188 e. The molecule has 3 heteroatoms. The van der Waals surface area contributed by atoms with Gasteiger partial charge in [-0.05, 0) is 13.8 Å². The van der Waals surface area contributed by atoms with Crippen LogP contribution in [0.3, 0.4) is 0 Å². The first-order valence-electron chi connectivity index (χ1n) is 6.20. The maximum absolute atomic E-state index is 12.6. The van der Waals surface area contributed by atoms with Gasteiger partial charge in [0.15, 0.2) is 5.78 Å². The monoisotopic (exact) mass is 242 g/mol. The molecule has 0 saturated heterocycles. The van der Waals surface area contributed by atoms with Gasteiger partial charge in [0.25, 0.3) is 0 Å². The Morgan fingerprint density at radius 3 is 2.56 bits per heavy atom. The third kappa shape index (κ3) is 2.08. The zero-order valence-corrected chi connectivity index (χ0v) is 11.1. The van der Waals surface area contributed by atoms with Crippen molar-refractivity contribution in [3.63, 3.8) is 0 Å². The van der Waals surface area contributed by atoms with E-state index in [0.717, 1.165) is 17.8 Å². The zero-order valence-electron chi connectivity index (χ0n) is 11.1. The Bertz CT molecular complexity index is 541. The fourth-order valence-electron chi connectivity index (χ4n) is 2.16. The molecule has 3 nitrogen and oxygen atoms in total. The van der Waals surface area contributed by atoms with Crippen LogP contribution in [0.1, 0.15) is 37.0 Å². The molecule has 1 aromatic heterocycles. The van der Waals surface area contributed by atoms with E-state index in [-0.39, 0.29) is 5.78 Å². The summed E-state index contributed by atoms with van der Waals surface area (Å²) < 4.78 is 1.96. The van der Waals surface area contributed by atoms with E-state index in [1.54, 1.807) is 6.20 Å². The molecule has 0 unspecified atom stereocenters. The maximum atomic E-state index is 12.6. The molecular weight excluding hydrogens is 224 g/mol. The number of carbonyl (C=O) groups excluding carboxylic acids is 1. The van der Waals surface area contributed by atoms with Gasteiger partial charge in [0, 0.05) is 24.4 Å². The Balaban J connectivity index is 2.40. The second kappa shape index (κ2) is 4.77. The predicted octanol–water partition coefficient (Wildman–Crippen LogP) is 3.06. The molecule has 0 aliphatic carbocycles. The first-order valence-corrected chi connectivity index (χ1v) is 6.20. The summed E-state index contributed by atoms with van der Waals surface area (Å²) in [4.78, 5) is 16.9. The highest BCUT2D eigenvalue weighted by atomic mass is 16.1. The number of Topliss-reactive ketones (excluding diaryl/α,β-unsaturated/α-hetero) is 1. The van der Waals surface area contributed by atoms with Gasteiger partial charge in [-0.3, -0.25) is 4.79 Å². The number of aromatic nitrogens is 2. The lowest BCUT2D eigenvalue weighted by molar-refractivity contribution is 0.0844. The van der Waals surface area contributed by atoms with Crippen LogP contribution in [0, 0.1) is 0 Å². The Hall–Kier alpha value is -1.90. The number of nitrogens with zero attached hydrogens (tertiary/aromatic N) is 2. The molecule has 0 radical (unpaired) electrons. The Morgan fingerprint density at radius 1 is 1.28 bits per heavy atom. The predicted molar refractivity (Wildman–Crippen MR) is 71.7 cm³/mol. The standard InChI is InChI=1S/C15H18N2O/c1-4-13-16-10-11-17(13)15(2,3)14(18)12-8-6-5-7-9-12/h5-11H,4H2,1-3H3. The molecular formula is C15H18N2O. The Morgan fingerprint density at radius 2 is 1.94 bits per heavy atom. The fourth-order valence-corrected chi connectivity index (χ4v) is 2.16. The van der Waals surface area contributed by atoms with Gasteiger partial charge in [-0.1, -0.05) is 37.3 Å². The van der Waals surface area contributed by atoms with Crippen molar-refractivity contribution in [1.82, 2.24) is 9.55 Å². The summed E-state index contributed by atoms with van der Waals surface area (Å²) in [5.41, 5.74) is 0.127. The molecule has 0 bridgehead atoms. The van der Waals surface area contributed by atoms with Crippen LogP contribution in [-0.2, 0) is 12.0 Å². The van der Waals surface area contributed by atoms with Crippen molar-refractivity contribution in [2.24, 2.45) is 0 Å². The average molecular weight is 242 g/mol. The summed E-state index contributed by atoms with van der Waals surface area (Å²) in [7, 11) is 0. The molecule has 18 heavy (non-hydrogen) atoms. The lowest BCUT2D eigenvalue weighted by Crippen LogP contribution is -2.36. The molecule has 0 aliphatic rings. The van der Waals surface area contributed by atoms with E-state index >= 15 is 0 Å². The number of benzene rings is 1. The molecule has 0 spiro atoms. The van der Waals surface area contributed by atoms with E-state index in [1.165, 1.54) is 0 Å². The topological polar surface area (TPSA) is 34.9 Å². The summed E-state index contributed by atoms with van der Waals surface area (Å²) >= 11 is 0. The van der Waals surface area contributed by atoms with Crippen LogP contribution in [0.15, 0.2) is 42.7 Å². The quantitative estimate of drug-likeness (QED) is 0.772. The zero-order chi connectivity index (χ0) is 13.2. The second-order valence-corrected chi connectivity index (χ2v) is 4.82. The number of imidazole rings is 1. The first kappa shape index (κ1) is 12.6. The van der Waals surface area contributed by atoms with Crippen molar-refractivity contribution in [1.29, 1.82) is 0 Å². The largest absolute Gasteiger partial charge is 0.322 e. The summed E-state index contributed by atoms with van der Waals surface area (Å²) in [5, 5.41) is 0. The van der Waals surface area contributed by atoms with Crippen molar-refractivity contribution in [2.75, 3.05) is 0 Å². The van der Waals surface area contributed by atoms with Crippen LogP contribution in [-0.4, -0.2) is 15.3 Å². The molecule has 1 aromatic carbocycles. The van der Waals surface area contributed by atoms with Crippen molar-refractivity contribution in [3.8, 4) is 0 Å². The summed E-state index contributed by atoms with van der Waals surface area (Å²) in [6.07, 6.45) is 4.44. The molecule has 0 N–H and O–H groups in total. The van der Waals surface area contributed by atoms with Crippen LogP contribution in [0.2, 0.25) is 0 Å². The van der Waals surface area contributed by atoms with Gasteiger partial charge in [-0.2, -0.15) is 0 Å². The number of aryl methyl sites for hydroxylation is 1. The lowest BCUT2D eigenvalue weighted by Gasteiger charge is -2.27. The van der Waals surface area contributed by atoms with Crippen LogP contribution < -0.4 is 0 Å². The minimum Gasteiger partial charge on any atom is -0.322 e. The first-order chi connectivity index (χ1) is 8.57. The fraction of sp³-hybridized carbons (Fsp3) is 0.333. The van der Waals surface area contributed by atoms with Gasteiger partial charge >= 0.3 is 0 Å². The normalized spacial score (nSPS) is 11.5. The molecule has 94 valence electrons. The molecule has 0 amide bonds. The number of hydrogen-bond acceptors (Lipinski definition) is 2. The molecule has 0 atom stereocenters. The van der Waals surface area contributed by atoms with E-state index in [4.69, 9.17) is 0 Å². The molecule has 2 aromatic rings. The van der Waals surface area contributed by atoms with E-state index in [9.17, 15) is 4.79 Å². The van der Waals surface area contributed by atoms with Gasteiger partial charge in [-0.15, -0.1) is 0 Å². The third-order valence-electron chi connectivity index (χ3n) is 3.23. The molecule has 0 aliphatic heterocycles.